The molecule has 0 aliphatic carbocycles. The van der Waals surface area contributed by atoms with Crippen molar-refractivity contribution in [3.8, 4) is 0 Å². The summed E-state index contributed by atoms with van der Waals surface area (Å²) in [5, 5.41) is 10.8. The number of nitrogens with zero attached hydrogens (tertiary/aromatic N) is 3. The Morgan fingerprint density at radius 2 is 2.09 bits per heavy atom. The van der Waals surface area contributed by atoms with E-state index in [1.165, 1.54) is 4.80 Å². The second-order valence-electron chi connectivity index (χ2n) is 5.43. The average molecular weight is 316 g/mol. The van der Waals surface area contributed by atoms with E-state index in [4.69, 9.17) is 9.47 Å². The molecule has 0 saturated carbocycles. The van der Waals surface area contributed by atoms with Gasteiger partial charge in [0.05, 0.1) is 37.8 Å². The van der Waals surface area contributed by atoms with Gasteiger partial charge in [0.1, 0.15) is 6.54 Å². The maximum absolute atomic E-state index is 12.1. The van der Waals surface area contributed by atoms with Gasteiger partial charge in [-0.05, 0) is 12.0 Å². The summed E-state index contributed by atoms with van der Waals surface area (Å²) in [6.07, 6.45) is 3.79. The molecule has 1 aliphatic rings. The predicted octanol–water partition coefficient (Wildman–Crippen LogP) is 0.769. The molecule has 0 bridgehead atoms. The van der Waals surface area contributed by atoms with Gasteiger partial charge in [0.2, 0.25) is 5.91 Å². The molecule has 2 heterocycles. The van der Waals surface area contributed by atoms with Crippen LogP contribution in [0.1, 0.15) is 12.0 Å². The van der Waals surface area contributed by atoms with Crippen molar-refractivity contribution in [3.63, 3.8) is 0 Å². The van der Waals surface area contributed by atoms with Crippen molar-refractivity contribution in [2.45, 2.75) is 31.7 Å². The first kappa shape index (κ1) is 15.6. The largest absolute Gasteiger partial charge is 0.379 e. The van der Waals surface area contributed by atoms with Crippen LogP contribution in [0, 0.1) is 0 Å². The molecular weight excluding hydrogens is 296 g/mol. The molecule has 1 N–H and O–H groups in total. The Hall–Kier alpha value is -2.25. The van der Waals surface area contributed by atoms with Crippen LogP contribution in [0.15, 0.2) is 42.7 Å². The third-order valence-electron chi connectivity index (χ3n) is 3.70. The Kier molecular flexibility index (Phi) is 5.33. The number of amides is 1. The van der Waals surface area contributed by atoms with Gasteiger partial charge in [0.15, 0.2) is 0 Å². The number of carbonyl (C=O) groups is 1. The number of hydrogen-bond donors (Lipinski definition) is 1. The van der Waals surface area contributed by atoms with Crippen molar-refractivity contribution in [2.75, 3.05) is 13.2 Å². The third kappa shape index (κ3) is 4.61. The Balaban J connectivity index is 1.52. The summed E-state index contributed by atoms with van der Waals surface area (Å²) in [5.41, 5.74) is 1.12. The molecule has 1 aliphatic heterocycles. The van der Waals surface area contributed by atoms with Crippen LogP contribution in [0.2, 0.25) is 0 Å². The van der Waals surface area contributed by atoms with Crippen LogP contribution in [0.5, 0.6) is 0 Å². The number of hydrogen-bond acceptors (Lipinski definition) is 5. The highest BCUT2D eigenvalue weighted by atomic mass is 16.5. The number of ether oxygens (including phenoxy) is 2. The molecule has 2 aromatic rings. The highest BCUT2D eigenvalue weighted by molar-refractivity contribution is 5.75. The molecule has 7 nitrogen and oxygen atoms in total. The van der Waals surface area contributed by atoms with Crippen LogP contribution in [-0.4, -0.2) is 46.3 Å². The van der Waals surface area contributed by atoms with Gasteiger partial charge in [-0.3, -0.25) is 4.79 Å². The lowest BCUT2D eigenvalue weighted by molar-refractivity contribution is -0.127. The van der Waals surface area contributed by atoms with E-state index in [0.717, 1.165) is 12.0 Å². The van der Waals surface area contributed by atoms with Crippen LogP contribution in [0.3, 0.4) is 0 Å². The highest BCUT2D eigenvalue weighted by Crippen LogP contribution is 2.14. The summed E-state index contributed by atoms with van der Waals surface area (Å²) in [7, 11) is 0. The highest BCUT2D eigenvalue weighted by Gasteiger charge is 2.28. The molecule has 23 heavy (non-hydrogen) atoms. The summed E-state index contributed by atoms with van der Waals surface area (Å²) in [4.78, 5) is 13.4. The van der Waals surface area contributed by atoms with Crippen molar-refractivity contribution in [1.82, 2.24) is 20.3 Å². The molecule has 2 atom stereocenters. The molecule has 1 amide bonds. The minimum atomic E-state index is -0.157. The van der Waals surface area contributed by atoms with Crippen LogP contribution >= 0.6 is 0 Å². The lowest BCUT2D eigenvalue weighted by atomic mass is 10.1. The number of carbonyl (C=O) groups excluding carboxylic acids is 1. The standard InChI is InChI=1S/C16H20N4O3/c21-16(10-20-17-7-8-18-20)19-14-12-22-9-6-15(14)23-11-13-4-2-1-3-5-13/h1-5,7-8,14-15H,6,9-12H2,(H,19,21)/t14-,15+/m1/s1. The topological polar surface area (TPSA) is 78.3 Å². The third-order valence-corrected chi connectivity index (χ3v) is 3.70. The SMILES string of the molecule is O=C(Cn1nccn1)N[C@@H]1COCC[C@@H]1OCc1ccccc1. The quantitative estimate of drug-likeness (QED) is 0.851. The summed E-state index contributed by atoms with van der Waals surface area (Å²) in [6, 6.07) is 9.84. The lowest BCUT2D eigenvalue weighted by Gasteiger charge is -2.32. The van der Waals surface area contributed by atoms with Crippen molar-refractivity contribution in [1.29, 1.82) is 0 Å². The molecule has 0 unspecified atom stereocenters. The van der Waals surface area contributed by atoms with Gasteiger partial charge in [0, 0.05) is 6.61 Å². The van der Waals surface area contributed by atoms with Gasteiger partial charge in [-0.1, -0.05) is 30.3 Å². The molecule has 0 spiro atoms. The lowest BCUT2D eigenvalue weighted by Crippen LogP contribution is -2.51. The molecule has 1 fully saturated rings. The van der Waals surface area contributed by atoms with E-state index < -0.39 is 0 Å². The first-order valence-electron chi connectivity index (χ1n) is 7.68. The van der Waals surface area contributed by atoms with Gasteiger partial charge in [-0.25, -0.2) is 0 Å². The molecule has 1 aromatic carbocycles. The zero-order valence-electron chi connectivity index (χ0n) is 12.8. The Bertz CT molecular complexity index is 603. The summed E-state index contributed by atoms with van der Waals surface area (Å²) >= 11 is 0. The van der Waals surface area contributed by atoms with E-state index in [0.29, 0.717) is 19.8 Å². The zero-order valence-corrected chi connectivity index (χ0v) is 12.8. The van der Waals surface area contributed by atoms with E-state index in [1.807, 2.05) is 30.3 Å². The molecule has 3 rings (SSSR count). The molecular formula is C16H20N4O3. The summed E-state index contributed by atoms with van der Waals surface area (Å²) in [6.45, 7) is 1.72. The van der Waals surface area contributed by atoms with Crippen LogP contribution < -0.4 is 5.32 Å². The van der Waals surface area contributed by atoms with E-state index in [1.54, 1.807) is 12.4 Å². The zero-order chi connectivity index (χ0) is 15.9. The van der Waals surface area contributed by atoms with E-state index >= 15 is 0 Å². The van der Waals surface area contributed by atoms with E-state index in [-0.39, 0.29) is 24.6 Å². The van der Waals surface area contributed by atoms with Crippen molar-refractivity contribution in [3.05, 3.63) is 48.3 Å². The first-order chi connectivity index (χ1) is 11.3. The number of aromatic nitrogens is 3. The number of nitrogens with one attached hydrogen (secondary N) is 1. The maximum Gasteiger partial charge on any atom is 0.243 e. The monoisotopic (exact) mass is 316 g/mol. The van der Waals surface area contributed by atoms with Gasteiger partial charge < -0.3 is 14.8 Å². The van der Waals surface area contributed by atoms with Crippen LogP contribution in [-0.2, 0) is 27.4 Å². The van der Waals surface area contributed by atoms with Gasteiger partial charge in [-0.15, -0.1) is 0 Å². The summed E-state index contributed by atoms with van der Waals surface area (Å²) in [5.74, 6) is -0.148. The molecule has 122 valence electrons. The average Bonchev–Trinajstić information content (AvgIpc) is 3.08. The predicted molar refractivity (Wildman–Crippen MR) is 82.4 cm³/mol. The normalized spacial score (nSPS) is 21.0. The molecule has 1 saturated heterocycles. The second-order valence-corrected chi connectivity index (χ2v) is 5.43. The second kappa shape index (κ2) is 7.85. The molecule has 0 radical (unpaired) electrons. The van der Waals surface area contributed by atoms with Crippen LogP contribution in [0.25, 0.3) is 0 Å². The van der Waals surface area contributed by atoms with E-state index in [9.17, 15) is 4.79 Å². The fourth-order valence-electron chi connectivity index (χ4n) is 2.54. The molecule has 7 heteroatoms. The minimum Gasteiger partial charge on any atom is -0.379 e. The fourth-order valence-corrected chi connectivity index (χ4v) is 2.54. The van der Waals surface area contributed by atoms with Gasteiger partial charge in [-0.2, -0.15) is 15.0 Å². The number of rotatable bonds is 6. The van der Waals surface area contributed by atoms with Crippen molar-refractivity contribution in [2.24, 2.45) is 0 Å². The minimum absolute atomic E-state index is 0.0570. The Morgan fingerprint density at radius 3 is 2.87 bits per heavy atom. The fraction of sp³-hybridized carbons (Fsp3) is 0.438. The maximum atomic E-state index is 12.1. The van der Waals surface area contributed by atoms with Gasteiger partial charge >= 0.3 is 0 Å². The van der Waals surface area contributed by atoms with Gasteiger partial charge in [0.25, 0.3) is 0 Å². The number of benzene rings is 1. The smallest absolute Gasteiger partial charge is 0.243 e. The van der Waals surface area contributed by atoms with Crippen molar-refractivity contribution >= 4 is 5.91 Å². The first-order valence-corrected chi connectivity index (χ1v) is 7.68. The van der Waals surface area contributed by atoms with E-state index in [2.05, 4.69) is 15.5 Å². The molecule has 1 aromatic heterocycles. The Morgan fingerprint density at radius 1 is 1.30 bits per heavy atom. The van der Waals surface area contributed by atoms with Crippen molar-refractivity contribution < 1.29 is 14.3 Å². The summed E-state index contributed by atoms with van der Waals surface area (Å²) < 4.78 is 11.5. The van der Waals surface area contributed by atoms with Crippen LogP contribution in [0.4, 0.5) is 0 Å². The Labute approximate surface area is 134 Å².